The van der Waals surface area contributed by atoms with Crippen molar-refractivity contribution in [2.24, 2.45) is 0 Å². The molecule has 1 aromatic carbocycles. The third kappa shape index (κ3) is 2.22. The topological polar surface area (TPSA) is 30.2 Å². The largest absolute Gasteiger partial charge is 0.277 e. The van der Waals surface area contributed by atoms with Crippen molar-refractivity contribution in [3.05, 3.63) is 47.4 Å². The van der Waals surface area contributed by atoms with Gasteiger partial charge >= 0.3 is 0 Å². The van der Waals surface area contributed by atoms with E-state index in [1.54, 1.807) is 18.1 Å². The summed E-state index contributed by atoms with van der Waals surface area (Å²) in [4.78, 5) is 8.79. The Morgan fingerprint density at radius 1 is 1.21 bits per heavy atom. The first-order valence-corrected chi connectivity index (χ1v) is 7.44. The van der Waals surface area contributed by atoms with Crippen LogP contribution in [0.5, 0.6) is 0 Å². The monoisotopic (exact) mass is 289 g/mol. The maximum atomic E-state index is 6.08. The summed E-state index contributed by atoms with van der Waals surface area (Å²) in [6.45, 7) is 2.07. The van der Waals surface area contributed by atoms with Crippen LogP contribution in [0.2, 0.25) is 5.15 Å². The lowest BCUT2D eigenvalue weighted by molar-refractivity contribution is 0.900. The average Bonchev–Trinajstić information content (AvgIpc) is 2.82. The standard InChI is InChI=1S/C14H12ClN3S/c1-9-3-5-10(6-4-9)13-11-7-12(15)17-14(19-2)18(11)8-16-13/h3-8H,1-2H3. The number of aryl methyl sites for hydroxylation is 1. The van der Waals surface area contributed by atoms with E-state index in [9.17, 15) is 0 Å². The molecule has 0 aliphatic heterocycles. The minimum absolute atomic E-state index is 0.491. The second-order valence-electron chi connectivity index (χ2n) is 4.28. The zero-order chi connectivity index (χ0) is 13.4. The van der Waals surface area contributed by atoms with Gasteiger partial charge in [-0.25, -0.2) is 9.97 Å². The molecule has 0 amide bonds. The number of fused-ring (bicyclic) bond motifs is 1. The van der Waals surface area contributed by atoms with Crippen LogP contribution in [0.15, 0.2) is 41.8 Å². The van der Waals surface area contributed by atoms with Crippen molar-refractivity contribution in [2.75, 3.05) is 6.26 Å². The van der Waals surface area contributed by atoms with Crippen LogP contribution in [-0.4, -0.2) is 20.6 Å². The van der Waals surface area contributed by atoms with Gasteiger partial charge in [0.2, 0.25) is 0 Å². The smallest absolute Gasteiger partial charge is 0.175 e. The number of thioether (sulfide) groups is 1. The molecule has 0 aliphatic carbocycles. The van der Waals surface area contributed by atoms with Crippen LogP contribution in [-0.2, 0) is 0 Å². The van der Waals surface area contributed by atoms with Crippen molar-refractivity contribution in [3.8, 4) is 11.3 Å². The molecular formula is C14H12ClN3S. The molecule has 3 aromatic rings. The number of nitrogens with zero attached hydrogens (tertiary/aromatic N) is 3. The van der Waals surface area contributed by atoms with Crippen molar-refractivity contribution in [2.45, 2.75) is 12.1 Å². The molecule has 2 aromatic heterocycles. The molecular weight excluding hydrogens is 278 g/mol. The number of imidazole rings is 1. The molecule has 0 N–H and O–H groups in total. The van der Waals surface area contributed by atoms with Crippen molar-refractivity contribution in [3.63, 3.8) is 0 Å². The highest BCUT2D eigenvalue weighted by atomic mass is 35.5. The van der Waals surface area contributed by atoms with E-state index in [0.29, 0.717) is 5.15 Å². The molecule has 0 bridgehead atoms. The van der Waals surface area contributed by atoms with Crippen LogP contribution >= 0.6 is 23.4 Å². The predicted molar refractivity (Wildman–Crippen MR) is 80.0 cm³/mol. The lowest BCUT2D eigenvalue weighted by Gasteiger charge is -2.04. The summed E-state index contributed by atoms with van der Waals surface area (Å²) in [5, 5.41) is 1.33. The molecule has 96 valence electrons. The minimum Gasteiger partial charge on any atom is -0.277 e. The molecule has 0 aliphatic rings. The van der Waals surface area contributed by atoms with Gasteiger partial charge in [0.05, 0.1) is 11.2 Å². The maximum Gasteiger partial charge on any atom is 0.175 e. The zero-order valence-corrected chi connectivity index (χ0v) is 12.2. The van der Waals surface area contributed by atoms with Gasteiger partial charge in [-0.3, -0.25) is 4.40 Å². The third-order valence-electron chi connectivity index (χ3n) is 2.98. The fraction of sp³-hybridized carbons (Fsp3) is 0.143. The second-order valence-corrected chi connectivity index (χ2v) is 5.44. The molecule has 0 saturated carbocycles. The summed E-state index contributed by atoms with van der Waals surface area (Å²) < 4.78 is 1.96. The van der Waals surface area contributed by atoms with Gasteiger partial charge < -0.3 is 0 Å². The van der Waals surface area contributed by atoms with E-state index in [4.69, 9.17) is 11.6 Å². The second kappa shape index (κ2) is 4.87. The molecule has 0 spiro atoms. The summed E-state index contributed by atoms with van der Waals surface area (Å²) in [5.74, 6) is 0. The van der Waals surface area contributed by atoms with Gasteiger partial charge in [-0.2, -0.15) is 0 Å². The third-order valence-corrected chi connectivity index (χ3v) is 3.82. The van der Waals surface area contributed by atoms with Gasteiger partial charge in [-0.05, 0) is 13.2 Å². The van der Waals surface area contributed by atoms with E-state index in [-0.39, 0.29) is 0 Å². The predicted octanol–water partition coefficient (Wildman–Crippen LogP) is 4.08. The molecule has 19 heavy (non-hydrogen) atoms. The molecule has 0 saturated heterocycles. The molecule has 0 atom stereocenters. The molecule has 3 nitrogen and oxygen atoms in total. The Labute approximate surface area is 120 Å². The summed E-state index contributed by atoms with van der Waals surface area (Å²) in [6.07, 6.45) is 3.77. The Kier molecular flexibility index (Phi) is 3.21. The first kappa shape index (κ1) is 12.5. The molecule has 5 heteroatoms. The van der Waals surface area contributed by atoms with E-state index < -0.39 is 0 Å². The Morgan fingerprint density at radius 3 is 2.63 bits per heavy atom. The maximum absolute atomic E-state index is 6.08. The SMILES string of the molecule is CSc1nc(Cl)cc2c(-c3ccc(C)cc3)ncn12. The summed E-state index contributed by atoms with van der Waals surface area (Å²) in [5.41, 5.74) is 4.23. The number of hydrogen-bond donors (Lipinski definition) is 0. The first-order chi connectivity index (χ1) is 9.19. The Morgan fingerprint density at radius 2 is 1.95 bits per heavy atom. The number of rotatable bonds is 2. The fourth-order valence-corrected chi connectivity index (χ4v) is 2.78. The molecule has 2 heterocycles. The van der Waals surface area contributed by atoms with Crippen molar-refractivity contribution in [1.29, 1.82) is 0 Å². The van der Waals surface area contributed by atoms with E-state index in [2.05, 4.69) is 41.2 Å². The molecule has 0 fully saturated rings. The van der Waals surface area contributed by atoms with Crippen molar-refractivity contribution >= 4 is 28.9 Å². The Bertz CT molecular complexity index is 734. The summed E-state index contributed by atoms with van der Waals surface area (Å²) >= 11 is 7.63. The molecule has 0 unspecified atom stereocenters. The number of aromatic nitrogens is 3. The molecule has 3 rings (SSSR count). The van der Waals surface area contributed by atoms with E-state index in [0.717, 1.165) is 21.9 Å². The van der Waals surface area contributed by atoms with Crippen LogP contribution in [0.25, 0.3) is 16.8 Å². The normalized spacial score (nSPS) is 11.1. The Hall–Kier alpha value is -1.52. The number of halogens is 1. The van der Waals surface area contributed by atoms with E-state index >= 15 is 0 Å². The first-order valence-electron chi connectivity index (χ1n) is 5.83. The highest BCUT2D eigenvalue weighted by Gasteiger charge is 2.11. The fourth-order valence-electron chi connectivity index (χ4n) is 2.02. The number of benzene rings is 1. The van der Waals surface area contributed by atoms with Gasteiger partial charge in [0.1, 0.15) is 11.5 Å². The van der Waals surface area contributed by atoms with Gasteiger partial charge in [-0.1, -0.05) is 53.2 Å². The van der Waals surface area contributed by atoms with Crippen LogP contribution in [0.4, 0.5) is 0 Å². The van der Waals surface area contributed by atoms with Crippen LogP contribution in [0.1, 0.15) is 5.56 Å². The van der Waals surface area contributed by atoms with Gasteiger partial charge in [0.25, 0.3) is 0 Å². The van der Waals surface area contributed by atoms with Gasteiger partial charge in [-0.15, -0.1) is 0 Å². The number of hydrogen-bond acceptors (Lipinski definition) is 3. The van der Waals surface area contributed by atoms with Crippen LogP contribution in [0.3, 0.4) is 0 Å². The highest BCUT2D eigenvalue weighted by molar-refractivity contribution is 7.98. The minimum atomic E-state index is 0.491. The van der Waals surface area contributed by atoms with Crippen LogP contribution in [0, 0.1) is 6.92 Å². The van der Waals surface area contributed by atoms with E-state index in [1.807, 2.05) is 16.7 Å². The average molecular weight is 290 g/mol. The van der Waals surface area contributed by atoms with Crippen molar-refractivity contribution in [1.82, 2.24) is 14.4 Å². The lowest BCUT2D eigenvalue weighted by Crippen LogP contribution is -1.92. The molecule has 0 radical (unpaired) electrons. The highest BCUT2D eigenvalue weighted by Crippen LogP contribution is 2.27. The van der Waals surface area contributed by atoms with Gasteiger partial charge in [0, 0.05) is 11.6 Å². The van der Waals surface area contributed by atoms with Gasteiger partial charge in [0.15, 0.2) is 5.16 Å². The Balaban J connectivity index is 2.25. The summed E-state index contributed by atoms with van der Waals surface area (Å²) in [6, 6.07) is 10.2. The van der Waals surface area contributed by atoms with Crippen LogP contribution < -0.4 is 0 Å². The quantitative estimate of drug-likeness (QED) is 0.404. The zero-order valence-electron chi connectivity index (χ0n) is 10.6. The van der Waals surface area contributed by atoms with Crippen molar-refractivity contribution < 1.29 is 0 Å². The summed E-state index contributed by atoms with van der Waals surface area (Å²) in [7, 11) is 0. The lowest BCUT2D eigenvalue weighted by atomic mass is 10.1. The van der Waals surface area contributed by atoms with E-state index in [1.165, 1.54) is 5.56 Å².